The third kappa shape index (κ3) is 4.49. The van der Waals surface area contributed by atoms with E-state index < -0.39 is 0 Å². The molecule has 0 bridgehead atoms. The van der Waals surface area contributed by atoms with E-state index in [1.165, 1.54) is 11.3 Å². The summed E-state index contributed by atoms with van der Waals surface area (Å²) in [4.78, 5) is 45.7. The number of carbonyl (C=O) groups is 3. The number of amides is 3. The highest BCUT2D eigenvalue weighted by molar-refractivity contribution is 7.09. The van der Waals surface area contributed by atoms with E-state index >= 15 is 0 Å². The van der Waals surface area contributed by atoms with Crippen molar-refractivity contribution < 1.29 is 14.4 Å². The highest BCUT2D eigenvalue weighted by Gasteiger charge is 2.31. The van der Waals surface area contributed by atoms with Gasteiger partial charge in [0.05, 0.1) is 22.3 Å². The number of hydrogen-bond acceptors (Lipinski definition) is 8. The van der Waals surface area contributed by atoms with Crippen molar-refractivity contribution >= 4 is 34.7 Å². The summed E-state index contributed by atoms with van der Waals surface area (Å²) in [6.07, 6.45) is 3.00. The maximum absolute atomic E-state index is 13.1. The molecular weight excluding hydrogens is 468 g/mol. The molecule has 0 saturated carbocycles. The molecule has 5 rings (SSSR count). The number of thiazole rings is 1. The maximum Gasteiger partial charge on any atom is 0.276 e. The number of aryl methyl sites for hydroxylation is 2. The average Bonchev–Trinajstić information content (AvgIpc) is 3.51. The van der Waals surface area contributed by atoms with Gasteiger partial charge in [0.1, 0.15) is 5.69 Å². The van der Waals surface area contributed by atoms with Gasteiger partial charge in [-0.1, -0.05) is 0 Å². The number of piperidine rings is 2. The minimum Gasteiger partial charge on any atom is -0.369 e. The Kier molecular flexibility index (Phi) is 6.22. The van der Waals surface area contributed by atoms with Gasteiger partial charge in [0, 0.05) is 43.5 Å². The topological polar surface area (TPSA) is 140 Å². The Morgan fingerprint density at radius 2 is 1.80 bits per heavy atom. The van der Waals surface area contributed by atoms with E-state index in [0.717, 1.165) is 36.4 Å². The van der Waals surface area contributed by atoms with Crippen molar-refractivity contribution in [1.29, 1.82) is 0 Å². The van der Waals surface area contributed by atoms with Crippen molar-refractivity contribution in [2.24, 2.45) is 11.7 Å². The van der Waals surface area contributed by atoms with Crippen LogP contribution in [0.3, 0.4) is 0 Å². The maximum atomic E-state index is 13.1. The molecule has 2 aliphatic heterocycles. The first-order chi connectivity index (χ1) is 16.8. The van der Waals surface area contributed by atoms with Crippen molar-refractivity contribution in [2.45, 2.75) is 45.4 Å². The Balaban J connectivity index is 1.22. The molecule has 2 saturated heterocycles. The van der Waals surface area contributed by atoms with Crippen molar-refractivity contribution in [3.8, 4) is 0 Å². The lowest BCUT2D eigenvalue weighted by molar-refractivity contribution is -0.123. The second kappa shape index (κ2) is 9.33. The van der Waals surface area contributed by atoms with Crippen LogP contribution in [0.2, 0.25) is 0 Å². The van der Waals surface area contributed by atoms with E-state index in [-0.39, 0.29) is 29.6 Å². The second-order valence-corrected chi connectivity index (χ2v) is 10.2. The smallest absolute Gasteiger partial charge is 0.276 e. The first-order valence-electron chi connectivity index (χ1n) is 11.8. The van der Waals surface area contributed by atoms with E-state index in [1.54, 1.807) is 19.7 Å². The highest BCUT2D eigenvalue weighted by Crippen LogP contribution is 2.31. The molecule has 1 unspecified atom stereocenters. The Bertz CT molecular complexity index is 1290. The lowest BCUT2D eigenvalue weighted by Crippen LogP contribution is -2.44. The van der Waals surface area contributed by atoms with Gasteiger partial charge in [-0.25, -0.2) is 9.50 Å². The van der Waals surface area contributed by atoms with Crippen molar-refractivity contribution in [3.63, 3.8) is 0 Å². The first-order valence-corrected chi connectivity index (χ1v) is 12.7. The van der Waals surface area contributed by atoms with Crippen LogP contribution in [0.1, 0.15) is 69.0 Å². The number of rotatable bonds is 4. The van der Waals surface area contributed by atoms with Crippen molar-refractivity contribution in [2.75, 3.05) is 26.2 Å². The van der Waals surface area contributed by atoms with E-state index in [4.69, 9.17) is 5.73 Å². The Morgan fingerprint density at radius 3 is 2.54 bits per heavy atom. The van der Waals surface area contributed by atoms with Crippen LogP contribution in [-0.4, -0.2) is 78.5 Å². The van der Waals surface area contributed by atoms with E-state index in [1.807, 2.05) is 19.9 Å². The van der Waals surface area contributed by atoms with Gasteiger partial charge in [-0.15, -0.1) is 21.5 Å². The molecule has 2 aliphatic rings. The minimum absolute atomic E-state index is 0.146. The van der Waals surface area contributed by atoms with Gasteiger partial charge in [0.25, 0.3) is 11.8 Å². The summed E-state index contributed by atoms with van der Waals surface area (Å²) < 4.78 is 1.66. The van der Waals surface area contributed by atoms with Gasteiger partial charge in [0.2, 0.25) is 5.91 Å². The van der Waals surface area contributed by atoms with Gasteiger partial charge < -0.3 is 15.5 Å². The van der Waals surface area contributed by atoms with Crippen LogP contribution in [0.25, 0.3) is 5.65 Å². The van der Waals surface area contributed by atoms with Crippen LogP contribution in [0.4, 0.5) is 0 Å². The molecule has 0 aliphatic carbocycles. The number of nitrogens with zero attached hydrogens (tertiary/aromatic N) is 7. The Labute approximate surface area is 206 Å². The van der Waals surface area contributed by atoms with Crippen LogP contribution in [0, 0.1) is 19.8 Å². The number of fused-ring (bicyclic) bond motifs is 1. The Morgan fingerprint density at radius 1 is 1.03 bits per heavy atom. The molecule has 184 valence electrons. The number of aromatic nitrogens is 5. The molecular formula is C23H28N8O3S. The van der Waals surface area contributed by atoms with Gasteiger partial charge in [-0.3, -0.25) is 14.4 Å². The predicted octanol–water partition coefficient (Wildman–Crippen LogP) is 1.55. The quantitative estimate of drug-likeness (QED) is 0.578. The zero-order valence-electron chi connectivity index (χ0n) is 19.8. The number of carbonyl (C=O) groups excluding carboxylic acids is 3. The van der Waals surface area contributed by atoms with Crippen LogP contribution in [-0.2, 0) is 4.79 Å². The predicted molar refractivity (Wildman–Crippen MR) is 128 cm³/mol. The summed E-state index contributed by atoms with van der Waals surface area (Å²) in [5, 5.41) is 15.4. The molecule has 35 heavy (non-hydrogen) atoms. The Hall–Kier alpha value is -3.41. The lowest BCUT2D eigenvalue weighted by atomic mass is 9.97. The summed E-state index contributed by atoms with van der Waals surface area (Å²) in [6.45, 7) is 5.83. The van der Waals surface area contributed by atoms with Crippen LogP contribution >= 0.6 is 11.3 Å². The molecule has 0 aromatic carbocycles. The number of nitrogens with two attached hydrogens (primary N) is 1. The molecule has 3 amide bonds. The summed E-state index contributed by atoms with van der Waals surface area (Å²) in [7, 11) is 0. The zero-order valence-corrected chi connectivity index (χ0v) is 20.6. The van der Waals surface area contributed by atoms with Gasteiger partial charge in [-0.2, -0.15) is 5.10 Å². The van der Waals surface area contributed by atoms with Gasteiger partial charge >= 0.3 is 0 Å². The highest BCUT2D eigenvalue weighted by atomic mass is 32.1. The van der Waals surface area contributed by atoms with E-state index in [2.05, 4.69) is 20.3 Å². The van der Waals surface area contributed by atoms with Crippen LogP contribution < -0.4 is 5.73 Å². The van der Waals surface area contributed by atoms with Gasteiger partial charge in [0.15, 0.2) is 11.3 Å². The lowest BCUT2D eigenvalue weighted by Gasteiger charge is -2.31. The molecule has 3 aromatic heterocycles. The summed E-state index contributed by atoms with van der Waals surface area (Å²) in [6, 6.07) is 1.83. The molecule has 0 radical (unpaired) electrons. The molecule has 5 heterocycles. The molecule has 11 nitrogen and oxygen atoms in total. The van der Waals surface area contributed by atoms with Crippen molar-refractivity contribution in [3.05, 3.63) is 39.2 Å². The number of likely N-dealkylation sites (tertiary alicyclic amines) is 2. The van der Waals surface area contributed by atoms with Crippen molar-refractivity contribution in [1.82, 2.24) is 34.6 Å². The molecule has 2 N–H and O–H groups in total. The zero-order chi connectivity index (χ0) is 24.7. The molecule has 2 fully saturated rings. The third-order valence-corrected chi connectivity index (χ3v) is 7.92. The fourth-order valence-electron chi connectivity index (χ4n) is 4.88. The fourth-order valence-corrected chi connectivity index (χ4v) is 5.85. The van der Waals surface area contributed by atoms with Crippen LogP contribution in [0.5, 0.6) is 0 Å². The average molecular weight is 497 g/mol. The minimum atomic E-state index is -0.358. The molecule has 1 atom stereocenters. The van der Waals surface area contributed by atoms with E-state index in [0.29, 0.717) is 48.9 Å². The largest absolute Gasteiger partial charge is 0.369 e. The summed E-state index contributed by atoms with van der Waals surface area (Å²) in [5.74, 6) is -0.756. The first kappa shape index (κ1) is 23.3. The number of hydrogen-bond donors (Lipinski definition) is 1. The monoisotopic (exact) mass is 496 g/mol. The molecule has 0 spiro atoms. The molecule has 12 heteroatoms. The van der Waals surface area contributed by atoms with Crippen LogP contribution in [0.15, 0.2) is 11.4 Å². The normalized spacial score (nSPS) is 19.3. The SMILES string of the molecule is Cc1cc2nnc(C(=O)N3CCC(c4nc(C(=O)N5CCCC(C(N)=O)C5)cs4)CC3)c(C)n2n1. The number of primary amides is 1. The van der Waals surface area contributed by atoms with Gasteiger partial charge in [-0.05, 0) is 39.5 Å². The summed E-state index contributed by atoms with van der Waals surface area (Å²) in [5.41, 5.74) is 8.30. The van der Waals surface area contributed by atoms with E-state index in [9.17, 15) is 14.4 Å². The third-order valence-electron chi connectivity index (χ3n) is 6.91. The second-order valence-electron chi connectivity index (χ2n) is 9.32. The molecule has 3 aromatic rings. The summed E-state index contributed by atoms with van der Waals surface area (Å²) >= 11 is 1.48. The fraction of sp³-hybridized carbons (Fsp3) is 0.522. The standard InChI is InChI=1S/C23H28N8O3S/c1-13-10-18-26-27-19(14(2)31(18)28-13)23(34)29-8-5-15(6-9-29)21-25-17(12-35-21)22(33)30-7-3-4-16(11-30)20(24)32/h10,12,15-16H,3-9,11H2,1-2H3,(H2,24,32).